The number of carbonyl (C=O) groups excluding carboxylic acids is 4. The van der Waals surface area contributed by atoms with E-state index in [1.54, 1.807) is 0 Å². The quantitative estimate of drug-likeness (QED) is 0.287. The Bertz CT molecular complexity index is 474. The van der Waals surface area contributed by atoms with E-state index in [0.717, 1.165) is 6.42 Å². The summed E-state index contributed by atoms with van der Waals surface area (Å²) in [6.07, 6.45) is 2.06. The number of hydrogen-bond acceptors (Lipinski definition) is 7. The molecule has 0 spiro atoms. The van der Waals surface area contributed by atoms with Crippen LogP contribution in [0.3, 0.4) is 0 Å². The Kier molecular flexibility index (Phi) is 13.6. The summed E-state index contributed by atoms with van der Waals surface area (Å²) in [6, 6.07) is -0.743. The molecule has 1 rings (SSSR count). The third-order valence-electron chi connectivity index (χ3n) is 3.38. The van der Waals surface area contributed by atoms with Crippen molar-refractivity contribution in [1.29, 1.82) is 0 Å². The molecule has 0 bridgehead atoms. The highest BCUT2D eigenvalue weighted by Gasteiger charge is 2.28. The number of aliphatic hydroxyl groups is 1. The molecule has 1 aliphatic rings. The van der Waals surface area contributed by atoms with Gasteiger partial charge in [0.15, 0.2) is 0 Å². The highest BCUT2D eigenvalue weighted by Crippen LogP contribution is 1.99. The van der Waals surface area contributed by atoms with E-state index in [2.05, 4.69) is 10.8 Å². The molecule has 1 atom stereocenters. The van der Waals surface area contributed by atoms with Crippen molar-refractivity contribution in [2.45, 2.75) is 32.7 Å². The number of aliphatic hydroxyl groups excluding tert-OH is 1. The fourth-order valence-corrected chi connectivity index (χ4v) is 2.16. The highest BCUT2D eigenvalue weighted by atomic mass is 16.7. The van der Waals surface area contributed by atoms with Crippen molar-refractivity contribution >= 4 is 24.1 Å². The molecule has 1 aliphatic heterocycles. The summed E-state index contributed by atoms with van der Waals surface area (Å²) in [5.74, 6) is -1.15. The van der Waals surface area contributed by atoms with Gasteiger partial charge in [0.2, 0.25) is 18.2 Å². The van der Waals surface area contributed by atoms with Crippen molar-refractivity contribution < 1.29 is 29.1 Å². The molecular weight excluding hydrogens is 358 g/mol. The lowest BCUT2D eigenvalue weighted by Crippen LogP contribution is -2.49. The summed E-state index contributed by atoms with van der Waals surface area (Å²) in [5, 5.41) is 10.3. The predicted molar refractivity (Wildman–Crippen MR) is 97.0 cm³/mol. The van der Waals surface area contributed by atoms with E-state index in [-0.39, 0.29) is 32.2 Å². The summed E-state index contributed by atoms with van der Waals surface area (Å²) in [5.41, 5.74) is 6.92. The maximum atomic E-state index is 12.3. The molecule has 27 heavy (non-hydrogen) atoms. The molecule has 1 unspecified atom stereocenters. The lowest BCUT2D eigenvalue weighted by molar-refractivity contribution is -0.139. The number of hydroxylamine groups is 1. The first-order chi connectivity index (χ1) is 12.9. The van der Waals surface area contributed by atoms with E-state index >= 15 is 0 Å². The molecule has 0 aromatic carbocycles. The number of nitrogens with zero attached hydrogens (tertiary/aromatic N) is 2. The van der Waals surface area contributed by atoms with Crippen molar-refractivity contribution in [3.05, 3.63) is 0 Å². The van der Waals surface area contributed by atoms with Gasteiger partial charge in [-0.2, -0.15) is 0 Å². The molecule has 1 fully saturated rings. The van der Waals surface area contributed by atoms with Crippen LogP contribution in [0.25, 0.3) is 0 Å². The molecule has 4 amide bonds. The number of rotatable bonds is 11. The highest BCUT2D eigenvalue weighted by molar-refractivity contribution is 5.91. The second kappa shape index (κ2) is 14.9. The van der Waals surface area contributed by atoms with Crippen LogP contribution in [0.4, 0.5) is 0 Å². The van der Waals surface area contributed by atoms with Gasteiger partial charge >= 0.3 is 0 Å². The van der Waals surface area contributed by atoms with Gasteiger partial charge in [0.1, 0.15) is 12.6 Å². The van der Waals surface area contributed by atoms with Gasteiger partial charge < -0.3 is 26.0 Å². The number of carbonyl (C=O) groups is 4. The smallest absolute Gasteiger partial charge is 0.268 e. The fraction of sp³-hybridized carbons (Fsp3) is 0.750. The first-order valence-electron chi connectivity index (χ1n) is 8.92. The number of nitrogens with two attached hydrogens (primary N) is 1. The van der Waals surface area contributed by atoms with E-state index < -0.39 is 17.9 Å². The summed E-state index contributed by atoms with van der Waals surface area (Å²) in [7, 11) is 0. The first-order valence-corrected chi connectivity index (χ1v) is 8.92. The van der Waals surface area contributed by atoms with Crippen LogP contribution >= 0.6 is 0 Å². The molecule has 1 saturated heterocycles. The molecule has 0 radical (unpaired) electrons. The lowest BCUT2D eigenvalue weighted by atomic mass is 10.3. The van der Waals surface area contributed by atoms with Gasteiger partial charge in [-0.25, -0.2) is 5.48 Å². The van der Waals surface area contributed by atoms with Crippen LogP contribution in [-0.4, -0.2) is 91.0 Å². The van der Waals surface area contributed by atoms with Gasteiger partial charge in [0, 0.05) is 19.6 Å². The van der Waals surface area contributed by atoms with Crippen LogP contribution in [-0.2, 0) is 24.0 Å². The standard InChI is InChI=1S/C14H24N4O5.C2H7NO/c1-3-5-17(10-19)8-13(21)18(6-4-2)7-12(20)15-11-9-23-16-14(11)22;3-1-2-4/h10-11H,3-9H2,1-2H3,(H,15,20)(H,16,22);4H,1-3H2. The molecule has 0 aromatic rings. The van der Waals surface area contributed by atoms with Gasteiger partial charge in [0.05, 0.1) is 19.7 Å². The molecule has 156 valence electrons. The Morgan fingerprint density at radius 1 is 1.33 bits per heavy atom. The van der Waals surface area contributed by atoms with Gasteiger partial charge in [-0.1, -0.05) is 13.8 Å². The van der Waals surface area contributed by atoms with E-state index in [1.807, 2.05) is 13.8 Å². The van der Waals surface area contributed by atoms with Gasteiger partial charge in [0.25, 0.3) is 5.91 Å². The maximum Gasteiger partial charge on any atom is 0.268 e. The number of amides is 4. The topological polar surface area (TPSA) is 154 Å². The predicted octanol–water partition coefficient (Wildman–Crippen LogP) is -2.42. The molecule has 0 aliphatic carbocycles. The van der Waals surface area contributed by atoms with Gasteiger partial charge in [-0.15, -0.1) is 0 Å². The summed E-state index contributed by atoms with van der Waals surface area (Å²) in [6.45, 7) is 5.00. The van der Waals surface area contributed by atoms with Crippen molar-refractivity contribution in [2.24, 2.45) is 5.73 Å². The van der Waals surface area contributed by atoms with Crippen LogP contribution in [0.5, 0.6) is 0 Å². The van der Waals surface area contributed by atoms with Crippen molar-refractivity contribution in [2.75, 3.05) is 45.9 Å². The maximum absolute atomic E-state index is 12.3. The number of hydrogen-bond donors (Lipinski definition) is 4. The SMILES string of the molecule is CCCN(C=O)CC(=O)N(CCC)CC(=O)NC1CONC1=O.NCCO. The molecule has 0 aromatic heterocycles. The van der Waals surface area contributed by atoms with Crippen LogP contribution in [0.2, 0.25) is 0 Å². The zero-order chi connectivity index (χ0) is 20.7. The Morgan fingerprint density at radius 2 is 1.96 bits per heavy atom. The Morgan fingerprint density at radius 3 is 2.41 bits per heavy atom. The average molecular weight is 389 g/mol. The lowest BCUT2D eigenvalue weighted by Gasteiger charge is -2.25. The van der Waals surface area contributed by atoms with Crippen LogP contribution < -0.4 is 16.5 Å². The Hall–Kier alpha value is -2.24. The number of nitrogens with one attached hydrogen (secondary N) is 2. The normalized spacial score (nSPS) is 15.3. The summed E-state index contributed by atoms with van der Waals surface area (Å²) >= 11 is 0. The minimum absolute atomic E-state index is 0.0573. The minimum Gasteiger partial charge on any atom is -0.395 e. The molecule has 11 heteroatoms. The van der Waals surface area contributed by atoms with E-state index in [0.29, 0.717) is 32.5 Å². The van der Waals surface area contributed by atoms with Crippen molar-refractivity contribution in [1.82, 2.24) is 20.6 Å². The summed E-state index contributed by atoms with van der Waals surface area (Å²) in [4.78, 5) is 54.0. The minimum atomic E-state index is -0.743. The zero-order valence-corrected chi connectivity index (χ0v) is 16.0. The Balaban J connectivity index is 0.00000153. The third kappa shape index (κ3) is 10.5. The third-order valence-corrected chi connectivity index (χ3v) is 3.38. The van der Waals surface area contributed by atoms with Crippen LogP contribution in [0, 0.1) is 0 Å². The summed E-state index contributed by atoms with van der Waals surface area (Å²) < 4.78 is 0. The van der Waals surface area contributed by atoms with Crippen LogP contribution in [0.1, 0.15) is 26.7 Å². The van der Waals surface area contributed by atoms with Gasteiger partial charge in [-0.3, -0.25) is 24.0 Å². The van der Waals surface area contributed by atoms with E-state index in [1.165, 1.54) is 9.80 Å². The first kappa shape index (κ1) is 24.8. The van der Waals surface area contributed by atoms with Crippen LogP contribution in [0.15, 0.2) is 0 Å². The zero-order valence-electron chi connectivity index (χ0n) is 16.0. The monoisotopic (exact) mass is 389 g/mol. The average Bonchev–Trinajstić information content (AvgIpc) is 3.05. The largest absolute Gasteiger partial charge is 0.395 e. The molecular formula is C16H31N5O6. The second-order valence-corrected chi connectivity index (χ2v) is 5.80. The molecule has 11 nitrogen and oxygen atoms in total. The van der Waals surface area contributed by atoms with E-state index in [9.17, 15) is 19.2 Å². The Labute approximate surface area is 159 Å². The molecule has 1 heterocycles. The molecule has 5 N–H and O–H groups in total. The van der Waals surface area contributed by atoms with Crippen molar-refractivity contribution in [3.63, 3.8) is 0 Å². The van der Waals surface area contributed by atoms with E-state index in [4.69, 9.17) is 15.7 Å². The second-order valence-electron chi connectivity index (χ2n) is 5.80. The van der Waals surface area contributed by atoms with Gasteiger partial charge in [-0.05, 0) is 12.8 Å². The van der Waals surface area contributed by atoms with Crippen molar-refractivity contribution in [3.8, 4) is 0 Å². The molecule has 0 saturated carbocycles. The fourth-order valence-electron chi connectivity index (χ4n) is 2.16.